The van der Waals surface area contributed by atoms with E-state index >= 15 is 0 Å². The summed E-state index contributed by atoms with van der Waals surface area (Å²) in [5.74, 6) is 0. The van der Waals surface area contributed by atoms with Crippen molar-refractivity contribution in [3.63, 3.8) is 0 Å². The highest BCUT2D eigenvalue weighted by Gasteiger charge is 2.51. The lowest BCUT2D eigenvalue weighted by atomic mass is 9.98. The molecule has 4 aliphatic rings. The van der Waals surface area contributed by atoms with Crippen LogP contribution in [-0.4, -0.2) is 319 Å². The smallest absolute Gasteiger partial charge is 0.407 e. The fraction of sp³-hybridized carbons (Fsp3) is 0.844. The summed E-state index contributed by atoms with van der Waals surface area (Å²) in [6, 6.07) is 2.88. The lowest BCUT2D eigenvalue weighted by molar-refractivity contribution is -0.314. The Bertz CT molecular complexity index is 2220. The molecule has 5 rings (SSSR count). The van der Waals surface area contributed by atoms with E-state index in [-0.39, 0.29) is 24.5 Å². The van der Waals surface area contributed by atoms with E-state index in [9.17, 15) is 101 Å². The minimum absolute atomic E-state index is 0.0151. The molecule has 22 N–H and O–H groups in total. The Labute approximate surface area is 580 Å². The standard InChI is InChI=1S/C64H112N6O30/c1-3-5-7-9-11-13-15-17-19-25-65-61(89)95-35-63(31-91-55-51(83)47(79)43(75)39(27-71)97-55,32-92-56-52(84)48(80)44(76)40(28-72)98-56)69-59(87)67-37-21-23-38(24-22-37)68-60(88)70-64(33-93-57-53(85)49(81)45(77)41(29-73)99-57,34-94-58-54(86)50(82)46(78)42(30-74)100-58)36-96-62(90)66-26-20-18-16-14-12-10-8-6-4-2/h21-24,39-58,71-86H,3-20,25-36H2,1-2H3,(H,65,89)(H,66,90)(H2,67,69,87)(H2,68,70,88)/t39-,40-,41-,42-,43+,44+,45+,46+,47+,48+,49+,50+,51-,52-,53-,54-,55-,56-,57-,58-/m1/s1. The van der Waals surface area contributed by atoms with Gasteiger partial charge in [-0.2, -0.15) is 0 Å². The number of aliphatic hydroxyl groups is 16. The highest BCUT2D eigenvalue weighted by Crippen LogP contribution is 2.30. The van der Waals surface area contributed by atoms with Crippen LogP contribution in [0.3, 0.4) is 0 Å². The number of ether oxygens (including phenoxy) is 10. The zero-order valence-corrected chi connectivity index (χ0v) is 56.9. The quantitative estimate of drug-likeness (QED) is 0.0293. The molecule has 1 aromatic rings. The van der Waals surface area contributed by atoms with E-state index in [1.807, 2.05) is 0 Å². The van der Waals surface area contributed by atoms with Crippen LogP contribution in [0.25, 0.3) is 0 Å². The minimum atomic E-state index is -2.18. The van der Waals surface area contributed by atoms with Gasteiger partial charge in [0.15, 0.2) is 25.2 Å². The predicted octanol–water partition coefficient (Wildman–Crippen LogP) is -2.81. The summed E-state index contributed by atoms with van der Waals surface area (Å²) in [4.78, 5) is 55.4. The van der Waals surface area contributed by atoms with Crippen LogP contribution in [0.5, 0.6) is 0 Å². The minimum Gasteiger partial charge on any atom is -0.447 e. The highest BCUT2D eigenvalue weighted by atomic mass is 16.7. The van der Waals surface area contributed by atoms with Gasteiger partial charge in [0.25, 0.3) is 0 Å². The first-order chi connectivity index (χ1) is 47.9. The van der Waals surface area contributed by atoms with Crippen molar-refractivity contribution < 1.29 is 148 Å². The average Bonchev–Trinajstić information content (AvgIpc) is 0.813. The van der Waals surface area contributed by atoms with E-state index in [0.29, 0.717) is 12.8 Å². The average molecular weight is 1450 g/mol. The molecule has 0 aliphatic carbocycles. The number of urea groups is 2. The second-order valence-electron chi connectivity index (χ2n) is 26.0. The maximum atomic E-state index is 14.3. The molecule has 36 heteroatoms. The molecule has 0 radical (unpaired) electrons. The Morgan fingerprint density at radius 1 is 0.350 bits per heavy atom. The maximum Gasteiger partial charge on any atom is 0.407 e. The summed E-state index contributed by atoms with van der Waals surface area (Å²) < 4.78 is 57.0. The molecular formula is C64H112N6O30. The van der Waals surface area contributed by atoms with Gasteiger partial charge in [-0.25, -0.2) is 19.2 Å². The van der Waals surface area contributed by atoms with Crippen molar-refractivity contribution in [2.75, 3.05) is 89.8 Å². The van der Waals surface area contributed by atoms with Gasteiger partial charge >= 0.3 is 24.2 Å². The summed E-state index contributed by atoms with van der Waals surface area (Å²) in [5, 5.41) is 184. The monoisotopic (exact) mass is 1440 g/mol. The van der Waals surface area contributed by atoms with E-state index in [1.54, 1.807) is 0 Å². The van der Waals surface area contributed by atoms with Crippen molar-refractivity contribution in [1.82, 2.24) is 21.3 Å². The fourth-order valence-electron chi connectivity index (χ4n) is 11.5. The molecule has 4 fully saturated rings. The first-order valence-electron chi connectivity index (χ1n) is 34.7. The molecule has 6 amide bonds. The van der Waals surface area contributed by atoms with Crippen molar-refractivity contribution >= 4 is 35.6 Å². The number of alkyl carbamates (subject to hydrolysis) is 2. The second-order valence-corrected chi connectivity index (χ2v) is 26.0. The molecule has 0 spiro atoms. The van der Waals surface area contributed by atoms with Gasteiger partial charge in [0.1, 0.15) is 122 Å². The molecule has 4 heterocycles. The van der Waals surface area contributed by atoms with Gasteiger partial charge in [0.2, 0.25) is 0 Å². The van der Waals surface area contributed by atoms with Crippen molar-refractivity contribution in [3.05, 3.63) is 24.3 Å². The first-order valence-corrected chi connectivity index (χ1v) is 34.7. The van der Waals surface area contributed by atoms with Crippen LogP contribution in [0, 0.1) is 0 Å². The molecule has 20 atom stereocenters. The highest BCUT2D eigenvalue weighted by molar-refractivity contribution is 5.92. The number of rotatable bonds is 44. The molecule has 0 bridgehead atoms. The Morgan fingerprint density at radius 3 is 0.830 bits per heavy atom. The van der Waals surface area contributed by atoms with E-state index in [1.165, 1.54) is 37.1 Å². The predicted molar refractivity (Wildman–Crippen MR) is 348 cm³/mol. The van der Waals surface area contributed by atoms with E-state index in [4.69, 9.17) is 47.4 Å². The van der Waals surface area contributed by atoms with Crippen molar-refractivity contribution in [3.8, 4) is 0 Å². The largest absolute Gasteiger partial charge is 0.447 e. The molecule has 578 valence electrons. The van der Waals surface area contributed by atoms with Crippen molar-refractivity contribution in [2.45, 2.75) is 263 Å². The molecular weight excluding hydrogens is 1330 g/mol. The van der Waals surface area contributed by atoms with Crippen LogP contribution in [0.1, 0.15) is 129 Å². The summed E-state index contributed by atoms with van der Waals surface area (Å²) in [7, 11) is 0. The Hall–Kier alpha value is -4.66. The Kier molecular flexibility index (Phi) is 38.6. The second kappa shape index (κ2) is 44.9. The van der Waals surface area contributed by atoms with Gasteiger partial charge in [0, 0.05) is 24.5 Å². The van der Waals surface area contributed by atoms with Crippen LogP contribution in [0.2, 0.25) is 0 Å². The molecule has 0 saturated carbocycles. The first kappa shape index (κ1) is 86.0. The normalized spacial score (nSPS) is 30.3. The summed E-state index contributed by atoms with van der Waals surface area (Å²) in [6.07, 6.45) is -20.3. The van der Waals surface area contributed by atoms with Gasteiger partial charge in [-0.05, 0) is 37.1 Å². The zero-order valence-electron chi connectivity index (χ0n) is 56.9. The molecule has 0 unspecified atom stereocenters. The number of unbranched alkanes of at least 4 members (excludes halogenated alkanes) is 16. The van der Waals surface area contributed by atoms with Gasteiger partial charge in [0.05, 0.1) is 52.9 Å². The SMILES string of the molecule is CCCCCCCCCCCNC(=O)OCC(CO[C@@H]1O[C@H](CO)[C@H](O)[C@H](O)[C@H]1O)(CO[C@@H]1O[C@H](CO)[C@H](O)[C@H](O)[C@H]1O)NC(=O)Nc1ccc(NC(=O)NC(COC(=O)NCCCCCCCCCCC)(CO[C@@H]2O[C@H](CO)[C@H](O)[C@H](O)[C@H]2O)CO[C@@H]2O[C@H](CO)[C@H](O)[C@H](O)[C@H]2O)cc1. The third kappa shape index (κ3) is 27.1. The molecule has 100 heavy (non-hydrogen) atoms. The van der Waals surface area contributed by atoms with E-state index in [0.717, 1.165) is 89.9 Å². The molecule has 0 aromatic heterocycles. The fourth-order valence-corrected chi connectivity index (χ4v) is 11.5. The van der Waals surface area contributed by atoms with Gasteiger partial charge in [-0.1, -0.05) is 117 Å². The topological polar surface area (TPSA) is 556 Å². The number of benzene rings is 1. The van der Waals surface area contributed by atoms with Crippen molar-refractivity contribution in [1.29, 1.82) is 0 Å². The Morgan fingerprint density at radius 2 is 0.590 bits per heavy atom. The van der Waals surface area contributed by atoms with Crippen LogP contribution in [0.15, 0.2) is 24.3 Å². The Balaban J connectivity index is 1.40. The molecule has 4 aliphatic heterocycles. The number of anilines is 2. The van der Waals surface area contributed by atoms with Crippen LogP contribution < -0.4 is 31.9 Å². The van der Waals surface area contributed by atoms with Gasteiger partial charge in [-0.3, -0.25) is 0 Å². The number of aliphatic hydroxyl groups excluding tert-OH is 16. The summed E-state index contributed by atoms with van der Waals surface area (Å²) >= 11 is 0. The number of carbonyl (C=O) groups excluding carboxylic acids is 4. The summed E-state index contributed by atoms with van der Waals surface area (Å²) in [6.45, 7) is -4.09. The van der Waals surface area contributed by atoms with E-state index < -0.39 is 224 Å². The number of carbonyl (C=O) groups is 4. The van der Waals surface area contributed by atoms with Gasteiger partial charge < -0.3 is 161 Å². The molecule has 4 saturated heterocycles. The molecule has 36 nitrogen and oxygen atoms in total. The third-order valence-corrected chi connectivity index (χ3v) is 17.7. The van der Waals surface area contributed by atoms with Crippen molar-refractivity contribution in [2.24, 2.45) is 0 Å². The summed E-state index contributed by atoms with van der Waals surface area (Å²) in [5.41, 5.74) is -4.39. The maximum absolute atomic E-state index is 14.3. The van der Waals surface area contributed by atoms with Crippen LogP contribution >= 0.6 is 0 Å². The lowest BCUT2D eigenvalue weighted by Gasteiger charge is -2.43. The number of nitrogens with one attached hydrogen (secondary N) is 6. The number of hydrogen-bond acceptors (Lipinski definition) is 30. The van der Waals surface area contributed by atoms with Gasteiger partial charge in [-0.15, -0.1) is 0 Å². The number of amides is 6. The lowest BCUT2D eigenvalue weighted by Crippen LogP contribution is -2.64. The number of hydrogen-bond donors (Lipinski definition) is 22. The zero-order chi connectivity index (χ0) is 73.4. The molecule has 1 aromatic carbocycles. The van der Waals surface area contributed by atoms with Crippen LogP contribution in [-0.2, 0) is 47.4 Å². The van der Waals surface area contributed by atoms with Crippen LogP contribution in [0.4, 0.5) is 30.6 Å². The third-order valence-electron chi connectivity index (χ3n) is 17.7. The van der Waals surface area contributed by atoms with E-state index in [2.05, 4.69) is 45.7 Å².